The maximum Gasteiger partial charge on any atom is 0.186 e. The predicted molar refractivity (Wildman–Crippen MR) is 79.6 cm³/mol. The number of aliphatic hydroxyl groups excluding tert-OH is 4. The fourth-order valence-electron chi connectivity index (χ4n) is 4.41. The molecule has 2 bridgehead atoms. The van der Waals surface area contributed by atoms with Crippen LogP contribution < -0.4 is 0 Å². The molecule has 3 heterocycles. The first-order chi connectivity index (χ1) is 10.7. The summed E-state index contributed by atoms with van der Waals surface area (Å²) in [6.07, 6.45) is -3.70. The summed E-state index contributed by atoms with van der Waals surface area (Å²) >= 11 is 0. The van der Waals surface area contributed by atoms with E-state index in [1.807, 2.05) is 13.8 Å². The largest absolute Gasteiger partial charge is 0.394 e. The zero-order chi connectivity index (χ0) is 17.0. The van der Waals surface area contributed by atoms with Gasteiger partial charge in [-0.3, -0.25) is 0 Å². The third-order valence-electron chi connectivity index (χ3n) is 5.63. The fourth-order valence-corrected chi connectivity index (χ4v) is 4.41. The molecule has 0 radical (unpaired) electrons. The van der Waals surface area contributed by atoms with Crippen molar-refractivity contribution in [3.05, 3.63) is 0 Å². The van der Waals surface area contributed by atoms with Crippen LogP contribution in [0, 0.1) is 5.92 Å². The van der Waals surface area contributed by atoms with E-state index in [-0.39, 0.29) is 23.2 Å². The topological polar surface area (TPSA) is 109 Å². The highest BCUT2D eigenvalue weighted by Gasteiger charge is 2.55. The predicted octanol–water partition coefficient (Wildman–Crippen LogP) is -0.461. The molecule has 134 valence electrons. The Balaban J connectivity index is 1.74. The monoisotopic (exact) mass is 332 g/mol. The van der Waals surface area contributed by atoms with Crippen molar-refractivity contribution in [2.45, 2.75) is 88.0 Å². The molecule has 23 heavy (non-hydrogen) atoms. The van der Waals surface area contributed by atoms with Gasteiger partial charge in [-0.15, -0.1) is 0 Å². The van der Waals surface area contributed by atoms with Gasteiger partial charge in [0.15, 0.2) is 6.29 Å². The molecule has 4 N–H and O–H groups in total. The lowest BCUT2D eigenvalue weighted by molar-refractivity contribution is -0.344. The number of ether oxygens (including phenoxy) is 3. The molecule has 0 aromatic carbocycles. The average Bonchev–Trinajstić information content (AvgIpc) is 2.46. The van der Waals surface area contributed by atoms with Crippen LogP contribution in [0.3, 0.4) is 0 Å². The van der Waals surface area contributed by atoms with E-state index in [4.69, 9.17) is 14.2 Å². The second-order valence-corrected chi connectivity index (χ2v) is 7.88. The summed E-state index contributed by atoms with van der Waals surface area (Å²) < 4.78 is 17.6. The second-order valence-electron chi connectivity index (χ2n) is 7.88. The van der Waals surface area contributed by atoms with Gasteiger partial charge in [-0.05, 0) is 33.6 Å². The van der Waals surface area contributed by atoms with Crippen molar-refractivity contribution in [2.24, 2.45) is 5.92 Å². The van der Waals surface area contributed by atoms with E-state index in [0.717, 1.165) is 12.8 Å². The van der Waals surface area contributed by atoms with Gasteiger partial charge < -0.3 is 34.6 Å². The molecule has 1 aliphatic carbocycles. The molecule has 4 fully saturated rings. The van der Waals surface area contributed by atoms with Crippen LogP contribution in [0.4, 0.5) is 0 Å². The normalized spacial score (nSPS) is 52.6. The van der Waals surface area contributed by atoms with Gasteiger partial charge in [0.05, 0.1) is 23.9 Å². The Morgan fingerprint density at radius 1 is 1.09 bits per heavy atom. The molecule has 8 atom stereocenters. The third kappa shape index (κ3) is 3.04. The maximum atomic E-state index is 10.1. The van der Waals surface area contributed by atoms with E-state index in [2.05, 4.69) is 6.92 Å². The summed E-state index contributed by atoms with van der Waals surface area (Å²) in [6.45, 7) is 5.69. The number of rotatable bonds is 3. The highest BCUT2D eigenvalue weighted by Crippen LogP contribution is 2.51. The zero-order valence-corrected chi connectivity index (χ0v) is 13.9. The molecular formula is C16H28O7. The van der Waals surface area contributed by atoms with E-state index >= 15 is 0 Å². The Morgan fingerprint density at radius 3 is 2.35 bits per heavy atom. The van der Waals surface area contributed by atoms with Crippen LogP contribution in [-0.4, -0.2) is 75.0 Å². The van der Waals surface area contributed by atoms with Crippen LogP contribution >= 0.6 is 0 Å². The van der Waals surface area contributed by atoms with Gasteiger partial charge in [0.25, 0.3) is 0 Å². The van der Waals surface area contributed by atoms with Crippen LogP contribution in [0.5, 0.6) is 0 Å². The summed E-state index contributed by atoms with van der Waals surface area (Å²) in [4.78, 5) is 0. The van der Waals surface area contributed by atoms with Gasteiger partial charge in [-0.2, -0.15) is 0 Å². The van der Waals surface area contributed by atoms with Crippen LogP contribution in [0.25, 0.3) is 0 Å². The Bertz CT molecular complexity index is 437. The first-order valence-electron chi connectivity index (χ1n) is 8.33. The summed E-state index contributed by atoms with van der Waals surface area (Å²) in [5, 5.41) is 39.1. The quantitative estimate of drug-likeness (QED) is 0.554. The summed E-state index contributed by atoms with van der Waals surface area (Å²) in [5.74, 6) is 0.164. The van der Waals surface area contributed by atoms with Crippen LogP contribution in [-0.2, 0) is 14.2 Å². The number of hydrogen-bond acceptors (Lipinski definition) is 7. The van der Waals surface area contributed by atoms with Gasteiger partial charge >= 0.3 is 0 Å². The molecule has 4 rings (SSSR count). The van der Waals surface area contributed by atoms with E-state index in [9.17, 15) is 20.4 Å². The fraction of sp³-hybridized carbons (Fsp3) is 1.00. The van der Waals surface area contributed by atoms with E-state index in [1.54, 1.807) is 0 Å². The summed E-state index contributed by atoms with van der Waals surface area (Å²) in [5.41, 5.74) is -0.596. The molecule has 0 spiro atoms. The molecule has 3 saturated heterocycles. The highest BCUT2D eigenvalue weighted by molar-refractivity contribution is 5.03. The maximum absolute atomic E-state index is 10.1. The number of fused-ring (bicyclic) bond motifs is 3. The average molecular weight is 332 g/mol. The van der Waals surface area contributed by atoms with Crippen molar-refractivity contribution in [1.29, 1.82) is 0 Å². The molecule has 7 heteroatoms. The Hall–Kier alpha value is -0.280. The summed E-state index contributed by atoms with van der Waals surface area (Å²) in [7, 11) is 0. The van der Waals surface area contributed by atoms with Crippen molar-refractivity contribution >= 4 is 0 Å². The SMILES string of the molecule is CC1(C)O[C@@]2(C)CC[C@@H]1[C@H](O[C@@H]1O[C@H](CO)[C@@H](O)[C@H](O)[C@H]1O)C2. The van der Waals surface area contributed by atoms with Crippen molar-refractivity contribution in [3.8, 4) is 0 Å². The summed E-state index contributed by atoms with van der Waals surface area (Å²) in [6, 6.07) is 0. The van der Waals surface area contributed by atoms with Gasteiger partial charge in [0.1, 0.15) is 24.4 Å². The van der Waals surface area contributed by atoms with Crippen LogP contribution in [0.1, 0.15) is 40.0 Å². The minimum atomic E-state index is -1.41. The lowest BCUT2D eigenvalue weighted by Gasteiger charge is -2.57. The van der Waals surface area contributed by atoms with Crippen molar-refractivity contribution in [2.75, 3.05) is 6.61 Å². The number of aliphatic hydroxyl groups is 4. The molecule has 4 aliphatic rings. The van der Waals surface area contributed by atoms with Gasteiger partial charge in [-0.25, -0.2) is 0 Å². The zero-order valence-electron chi connectivity index (χ0n) is 13.9. The highest BCUT2D eigenvalue weighted by atomic mass is 16.7. The van der Waals surface area contributed by atoms with E-state index in [0.29, 0.717) is 6.42 Å². The van der Waals surface area contributed by atoms with Gasteiger partial charge in [-0.1, -0.05) is 0 Å². The molecule has 0 amide bonds. The van der Waals surface area contributed by atoms with Crippen molar-refractivity contribution < 1.29 is 34.6 Å². The minimum Gasteiger partial charge on any atom is -0.394 e. The number of hydrogen-bond donors (Lipinski definition) is 4. The van der Waals surface area contributed by atoms with E-state index in [1.165, 1.54) is 0 Å². The molecule has 1 saturated carbocycles. The van der Waals surface area contributed by atoms with E-state index < -0.39 is 37.3 Å². The first-order valence-corrected chi connectivity index (χ1v) is 8.33. The molecule has 7 nitrogen and oxygen atoms in total. The lowest BCUT2D eigenvalue weighted by atomic mass is 9.67. The molecular weight excluding hydrogens is 304 g/mol. The van der Waals surface area contributed by atoms with Crippen LogP contribution in [0.15, 0.2) is 0 Å². The Morgan fingerprint density at radius 2 is 1.78 bits per heavy atom. The third-order valence-corrected chi connectivity index (χ3v) is 5.63. The first kappa shape index (κ1) is 17.5. The van der Waals surface area contributed by atoms with Crippen LogP contribution in [0.2, 0.25) is 0 Å². The molecule has 0 unspecified atom stereocenters. The standard InChI is InChI=1S/C16H28O7/c1-15(2)8-4-5-16(3,23-15)6-9(8)21-14-13(20)12(19)11(18)10(7-17)22-14/h8-14,17-20H,4-7H2,1-3H3/t8-,9-,10-,11-,12+,13-,14-,16+/m1/s1. The lowest BCUT2D eigenvalue weighted by Crippen LogP contribution is -2.64. The minimum absolute atomic E-state index is 0.164. The van der Waals surface area contributed by atoms with Crippen molar-refractivity contribution in [3.63, 3.8) is 0 Å². The Kier molecular flexibility index (Phi) is 4.51. The Labute approximate surface area is 136 Å². The van der Waals surface area contributed by atoms with Gasteiger partial charge in [0.2, 0.25) is 0 Å². The molecule has 0 aromatic heterocycles. The molecule has 0 aromatic rings. The second kappa shape index (κ2) is 5.91. The molecule has 3 aliphatic heterocycles. The van der Waals surface area contributed by atoms with Crippen molar-refractivity contribution in [1.82, 2.24) is 0 Å². The smallest absolute Gasteiger partial charge is 0.186 e. The van der Waals surface area contributed by atoms with Gasteiger partial charge in [0, 0.05) is 12.3 Å².